The molecule has 2 aromatic carbocycles. The number of ether oxygens (including phenoxy) is 1. The number of benzene rings is 2. The molecule has 9 nitrogen and oxygen atoms in total. The first kappa shape index (κ1) is 25.3. The highest BCUT2D eigenvalue weighted by atomic mass is 32.2. The van der Waals surface area contributed by atoms with E-state index < -0.39 is 16.6 Å². The van der Waals surface area contributed by atoms with Crippen molar-refractivity contribution in [1.29, 1.82) is 0 Å². The second kappa shape index (κ2) is 9.96. The molecule has 1 amide bonds. The minimum absolute atomic E-state index is 0.233. The van der Waals surface area contributed by atoms with Crippen molar-refractivity contribution in [2.24, 2.45) is 5.41 Å². The van der Waals surface area contributed by atoms with E-state index in [-0.39, 0.29) is 11.7 Å². The second-order valence-corrected chi connectivity index (χ2v) is 13.0. The zero-order valence-corrected chi connectivity index (χ0v) is 22.4. The van der Waals surface area contributed by atoms with Gasteiger partial charge < -0.3 is 25.0 Å². The van der Waals surface area contributed by atoms with E-state index in [1.54, 1.807) is 18.2 Å². The lowest BCUT2D eigenvalue weighted by molar-refractivity contribution is 0.102. The summed E-state index contributed by atoms with van der Waals surface area (Å²) >= 11 is 0. The summed E-state index contributed by atoms with van der Waals surface area (Å²) in [5.41, 5.74) is 3.82. The van der Waals surface area contributed by atoms with Crippen molar-refractivity contribution in [2.75, 3.05) is 58.4 Å². The Kier molecular flexibility index (Phi) is 6.63. The number of piperidine rings is 2. The number of hydrogen-bond donors (Lipinski definition) is 3. The van der Waals surface area contributed by atoms with Gasteiger partial charge in [-0.3, -0.25) is 9.52 Å². The molecule has 3 aliphatic heterocycles. The summed E-state index contributed by atoms with van der Waals surface area (Å²) in [7, 11) is -3.68. The van der Waals surface area contributed by atoms with E-state index in [1.165, 1.54) is 19.3 Å². The number of rotatable bonds is 7. The van der Waals surface area contributed by atoms with Crippen molar-refractivity contribution in [3.05, 3.63) is 42.0 Å². The molecule has 10 heteroatoms. The first-order chi connectivity index (χ1) is 18.3. The maximum atomic E-state index is 13.6. The van der Waals surface area contributed by atoms with Gasteiger partial charge in [0.2, 0.25) is 10.0 Å². The van der Waals surface area contributed by atoms with Gasteiger partial charge in [-0.15, -0.1) is 0 Å². The van der Waals surface area contributed by atoms with Crippen LogP contribution in [0.25, 0.3) is 0 Å². The number of aliphatic hydroxyl groups excluding tert-OH is 1. The molecule has 1 saturated carbocycles. The molecule has 0 radical (unpaired) electrons. The van der Waals surface area contributed by atoms with Crippen LogP contribution in [-0.4, -0.2) is 64.1 Å². The van der Waals surface area contributed by atoms with Crippen LogP contribution in [0.15, 0.2) is 36.4 Å². The molecule has 2 saturated heterocycles. The summed E-state index contributed by atoms with van der Waals surface area (Å²) in [6, 6.07) is 11.2. The van der Waals surface area contributed by atoms with E-state index in [0.717, 1.165) is 62.4 Å². The van der Waals surface area contributed by atoms with Crippen molar-refractivity contribution in [3.8, 4) is 5.75 Å². The van der Waals surface area contributed by atoms with Crippen molar-refractivity contribution in [1.82, 2.24) is 0 Å². The lowest BCUT2D eigenvalue weighted by Crippen LogP contribution is -2.46. The van der Waals surface area contributed by atoms with Crippen LogP contribution >= 0.6 is 0 Å². The van der Waals surface area contributed by atoms with Crippen LogP contribution in [-0.2, 0) is 10.0 Å². The topological polar surface area (TPSA) is 111 Å². The predicted octanol–water partition coefficient (Wildman–Crippen LogP) is 3.80. The number of carbonyl (C=O) groups is 1. The summed E-state index contributed by atoms with van der Waals surface area (Å²) < 4.78 is 33.1. The smallest absolute Gasteiger partial charge is 0.257 e. The zero-order chi connectivity index (χ0) is 26.3. The highest BCUT2D eigenvalue weighted by Gasteiger charge is 2.44. The van der Waals surface area contributed by atoms with Gasteiger partial charge in [-0.1, -0.05) is 0 Å². The third-order valence-electron chi connectivity index (χ3n) is 8.58. The number of nitrogens with one attached hydrogen (secondary N) is 2. The maximum Gasteiger partial charge on any atom is 0.257 e. The number of sulfonamides is 1. The molecule has 38 heavy (non-hydrogen) atoms. The summed E-state index contributed by atoms with van der Waals surface area (Å²) in [5.74, 6) is 0.239. The Morgan fingerprint density at radius 2 is 1.76 bits per heavy atom. The fourth-order valence-corrected chi connectivity index (χ4v) is 6.94. The van der Waals surface area contributed by atoms with E-state index >= 15 is 0 Å². The number of nitrogens with zero attached hydrogens (tertiary/aromatic N) is 2. The molecule has 4 aliphatic rings. The molecule has 6 rings (SSSR count). The highest BCUT2D eigenvalue weighted by molar-refractivity contribution is 7.92. The summed E-state index contributed by atoms with van der Waals surface area (Å²) in [6.45, 7) is 2.90. The number of hydrogen-bond acceptors (Lipinski definition) is 7. The van der Waals surface area contributed by atoms with Crippen LogP contribution in [0, 0.1) is 5.41 Å². The van der Waals surface area contributed by atoms with E-state index in [9.17, 15) is 13.2 Å². The molecular weight excluding hydrogens is 504 g/mol. The highest BCUT2D eigenvalue weighted by Crippen LogP contribution is 2.54. The second-order valence-electron chi connectivity index (χ2n) is 11.2. The summed E-state index contributed by atoms with van der Waals surface area (Å²) in [5, 5.41) is 12.2. The van der Waals surface area contributed by atoms with Crippen LogP contribution in [0.4, 0.5) is 22.7 Å². The molecule has 1 aliphatic carbocycles. The molecule has 3 heterocycles. The lowest BCUT2D eigenvalue weighted by atomic mass is 9.93. The molecule has 0 aromatic heterocycles. The molecular formula is C28H36N4O5S. The van der Waals surface area contributed by atoms with Crippen molar-refractivity contribution < 1.29 is 23.1 Å². The van der Waals surface area contributed by atoms with Gasteiger partial charge in [0.1, 0.15) is 12.4 Å². The third-order valence-corrected chi connectivity index (χ3v) is 9.85. The van der Waals surface area contributed by atoms with Crippen LogP contribution in [0.3, 0.4) is 0 Å². The van der Waals surface area contributed by atoms with Crippen LogP contribution in [0.2, 0.25) is 0 Å². The average Bonchev–Trinajstić information content (AvgIpc) is 3.67. The molecule has 3 fully saturated rings. The van der Waals surface area contributed by atoms with Crippen molar-refractivity contribution >= 4 is 38.7 Å². The zero-order valence-electron chi connectivity index (χ0n) is 21.6. The molecule has 0 unspecified atom stereocenters. The Hall–Kier alpha value is -2.98. The Balaban J connectivity index is 1.26. The van der Waals surface area contributed by atoms with E-state index in [1.807, 2.05) is 18.2 Å². The molecule has 1 atom stereocenters. The van der Waals surface area contributed by atoms with Gasteiger partial charge in [-0.2, -0.15) is 0 Å². The van der Waals surface area contributed by atoms with Crippen LogP contribution in [0.1, 0.15) is 55.3 Å². The minimum Gasteiger partial charge on any atom is -0.489 e. The Morgan fingerprint density at radius 1 is 1.00 bits per heavy atom. The summed E-state index contributed by atoms with van der Waals surface area (Å²) in [4.78, 5) is 18.2. The maximum absolute atomic E-state index is 13.6. The van der Waals surface area contributed by atoms with Gasteiger partial charge in [0, 0.05) is 25.3 Å². The fourth-order valence-electron chi connectivity index (χ4n) is 6.12. The van der Waals surface area contributed by atoms with Crippen molar-refractivity contribution in [3.63, 3.8) is 0 Å². The standard InChI is InChI=1S/C28H36N4O5S/c33-15-16-38(35,36)30-21-4-6-23(24(18-21)31-13-10-28(8-9-28)11-14-31)27(34)29-20-5-7-26-25(17-20)32-12-2-1-3-22(32)19-37-26/h4-7,17-18,22,30,33H,1-3,8-16,19H2,(H,29,34)/t22-/m1/s1. The molecule has 204 valence electrons. The van der Waals surface area contributed by atoms with Crippen molar-refractivity contribution in [2.45, 2.75) is 51.0 Å². The van der Waals surface area contributed by atoms with Gasteiger partial charge in [-0.25, -0.2) is 8.42 Å². The SMILES string of the molecule is O=C(Nc1ccc2c(c1)N1CCCC[C@@H]1CO2)c1ccc(NS(=O)(=O)CCO)cc1N1CCC2(CC1)CC2. The molecule has 1 spiro atoms. The first-order valence-corrected chi connectivity index (χ1v) is 15.4. The normalized spacial score (nSPS) is 21.8. The van der Waals surface area contributed by atoms with Gasteiger partial charge in [0.15, 0.2) is 0 Å². The van der Waals surface area contributed by atoms with Crippen LogP contribution in [0.5, 0.6) is 5.75 Å². The quantitative estimate of drug-likeness (QED) is 0.490. The average molecular weight is 541 g/mol. The van der Waals surface area contributed by atoms with Crippen LogP contribution < -0.4 is 24.6 Å². The van der Waals surface area contributed by atoms with Gasteiger partial charge in [0.05, 0.1) is 41.0 Å². The number of anilines is 4. The minimum atomic E-state index is -3.68. The lowest BCUT2D eigenvalue weighted by Gasteiger charge is -2.41. The molecule has 2 aromatic rings. The number of carbonyl (C=O) groups excluding carboxylic acids is 1. The Bertz CT molecular complexity index is 1320. The monoisotopic (exact) mass is 540 g/mol. The van der Waals surface area contributed by atoms with Gasteiger partial charge in [0.25, 0.3) is 5.91 Å². The molecule has 0 bridgehead atoms. The number of amides is 1. The first-order valence-electron chi connectivity index (χ1n) is 13.7. The van der Waals surface area contributed by atoms with Gasteiger partial charge >= 0.3 is 0 Å². The number of aliphatic hydroxyl groups is 1. The fraction of sp³-hybridized carbons (Fsp3) is 0.536. The van der Waals surface area contributed by atoms with E-state index in [2.05, 4.69) is 19.8 Å². The third kappa shape index (κ3) is 5.16. The number of fused-ring (bicyclic) bond motifs is 3. The largest absolute Gasteiger partial charge is 0.489 e. The summed E-state index contributed by atoms with van der Waals surface area (Å²) in [6.07, 6.45) is 8.19. The molecule has 3 N–H and O–H groups in total. The van der Waals surface area contributed by atoms with E-state index in [4.69, 9.17) is 9.84 Å². The Labute approximate surface area is 224 Å². The van der Waals surface area contributed by atoms with Gasteiger partial charge in [-0.05, 0) is 86.8 Å². The van der Waals surface area contributed by atoms with E-state index in [0.29, 0.717) is 35.0 Å². The Morgan fingerprint density at radius 3 is 2.53 bits per heavy atom. The predicted molar refractivity (Wildman–Crippen MR) is 149 cm³/mol.